The second-order valence-corrected chi connectivity index (χ2v) is 7.45. The van der Waals surface area contributed by atoms with E-state index in [1.807, 2.05) is 12.1 Å². The van der Waals surface area contributed by atoms with E-state index in [1.54, 1.807) is 6.07 Å². The van der Waals surface area contributed by atoms with Crippen molar-refractivity contribution >= 4 is 45.0 Å². The van der Waals surface area contributed by atoms with Crippen LogP contribution >= 0.6 is 23.2 Å². The van der Waals surface area contributed by atoms with E-state index in [1.165, 1.54) is 21.8 Å². The van der Waals surface area contributed by atoms with Gasteiger partial charge in [-0.1, -0.05) is 71.7 Å². The standard InChI is InChI=1S/C24H15Cl2N/c25-18-12-17(13-19(26)15-18)16-6-5-7-20(14-16)27-23-10-3-1-8-21(23)22-9-2-4-11-24(22)27/h1-15H. The molecule has 0 aliphatic carbocycles. The second kappa shape index (κ2) is 6.45. The number of aromatic nitrogens is 1. The SMILES string of the molecule is Clc1cc(Cl)cc(-c2cccc(-n3c4ccccc4c4ccccc43)c2)c1. The quantitative estimate of drug-likeness (QED) is 0.291. The molecule has 0 saturated carbocycles. The fraction of sp³-hybridized carbons (Fsp3) is 0. The summed E-state index contributed by atoms with van der Waals surface area (Å²) in [5.74, 6) is 0. The maximum absolute atomic E-state index is 6.21. The molecule has 0 aliphatic rings. The average Bonchev–Trinajstić information content (AvgIpc) is 3.02. The predicted molar refractivity (Wildman–Crippen MR) is 116 cm³/mol. The van der Waals surface area contributed by atoms with Crippen molar-refractivity contribution in [2.75, 3.05) is 0 Å². The normalized spacial score (nSPS) is 11.3. The first kappa shape index (κ1) is 16.4. The van der Waals surface area contributed by atoms with Gasteiger partial charge in [0.05, 0.1) is 11.0 Å². The van der Waals surface area contributed by atoms with E-state index in [4.69, 9.17) is 23.2 Å². The van der Waals surface area contributed by atoms with E-state index in [-0.39, 0.29) is 0 Å². The maximum Gasteiger partial charge on any atom is 0.0541 e. The highest BCUT2D eigenvalue weighted by atomic mass is 35.5. The molecule has 0 bridgehead atoms. The molecule has 0 amide bonds. The molecule has 1 aromatic heterocycles. The minimum Gasteiger partial charge on any atom is -0.309 e. The lowest BCUT2D eigenvalue weighted by molar-refractivity contribution is 1.18. The van der Waals surface area contributed by atoms with Crippen molar-refractivity contribution in [2.24, 2.45) is 0 Å². The third-order valence-electron chi connectivity index (χ3n) is 4.88. The van der Waals surface area contributed by atoms with Crippen molar-refractivity contribution in [1.29, 1.82) is 0 Å². The average molecular weight is 388 g/mol. The Bertz CT molecular complexity index is 1230. The molecule has 0 atom stereocenters. The van der Waals surface area contributed by atoms with Crippen molar-refractivity contribution < 1.29 is 0 Å². The minimum absolute atomic E-state index is 0.639. The molecule has 0 saturated heterocycles. The van der Waals surface area contributed by atoms with Crippen LogP contribution in [0.25, 0.3) is 38.6 Å². The molecule has 0 radical (unpaired) electrons. The van der Waals surface area contributed by atoms with E-state index < -0.39 is 0 Å². The molecule has 4 aromatic carbocycles. The minimum atomic E-state index is 0.639. The first-order chi connectivity index (χ1) is 13.2. The fourth-order valence-corrected chi connectivity index (χ4v) is 4.27. The van der Waals surface area contributed by atoms with Crippen molar-refractivity contribution in [1.82, 2.24) is 4.57 Å². The highest BCUT2D eigenvalue weighted by Crippen LogP contribution is 2.34. The highest BCUT2D eigenvalue weighted by Gasteiger charge is 2.12. The molecule has 5 aromatic rings. The lowest BCUT2D eigenvalue weighted by Crippen LogP contribution is -1.94. The number of benzene rings is 4. The third-order valence-corrected chi connectivity index (χ3v) is 5.32. The van der Waals surface area contributed by atoms with Gasteiger partial charge in [0.2, 0.25) is 0 Å². The Morgan fingerprint density at radius 2 is 1.11 bits per heavy atom. The van der Waals surface area contributed by atoms with Gasteiger partial charge in [0.25, 0.3) is 0 Å². The summed E-state index contributed by atoms with van der Waals surface area (Å²) in [6.07, 6.45) is 0. The molecule has 1 nitrogen and oxygen atoms in total. The van der Waals surface area contributed by atoms with Crippen LogP contribution in [0.5, 0.6) is 0 Å². The van der Waals surface area contributed by atoms with Crippen molar-refractivity contribution in [3.8, 4) is 16.8 Å². The molecular weight excluding hydrogens is 373 g/mol. The maximum atomic E-state index is 6.21. The molecule has 130 valence electrons. The van der Waals surface area contributed by atoms with Crippen LogP contribution in [0.3, 0.4) is 0 Å². The largest absolute Gasteiger partial charge is 0.309 e. The Labute approximate surface area is 167 Å². The smallest absolute Gasteiger partial charge is 0.0541 e. The van der Waals surface area contributed by atoms with E-state index in [9.17, 15) is 0 Å². The molecule has 0 fully saturated rings. The van der Waals surface area contributed by atoms with Gasteiger partial charge in [-0.3, -0.25) is 0 Å². The summed E-state index contributed by atoms with van der Waals surface area (Å²) in [5, 5.41) is 3.79. The number of rotatable bonds is 2. The molecule has 0 N–H and O–H groups in total. The molecule has 3 heteroatoms. The van der Waals surface area contributed by atoms with E-state index >= 15 is 0 Å². The number of hydrogen-bond acceptors (Lipinski definition) is 0. The van der Waals surface area contributed by atoms with Crippen LogP contribution in [0, 0.1) is 0 Å². The van der Waals surface area contributed by atoms with Gasteiger partial charge in [-0.25, -0.2) is 0 Å². The van der Waals surface area contributed by atoms with Crippen molar-refractivity contribution in [3.05, 3.63) is 101 Å². The zero-order valence-electron chi connectivity index (χ0n) is 14.4. The van der Waals surface area contributed by atoms with Gasteiger partial charge in [-0.05, 0) is 53.6 Å². The van der Waals surface area contributed by atoms with Crippen LogP contribution in [0.2, 0.25) is 10.0 Å². The van der Waals surface area contributed by atoms with Gasteiger partial charge in [0.1, 0.15) is 0 Å². The molecular formula is C24H15Cl2N. The fourth-order valence-electron chi connectivity index (χ4n) is 3.75. The number of halogens is 2. The lowest BCUT2D eigenvalue weighted by atomic mass is 10.1. The number of para-hydroxylation sites is 2. The Morgan fingerprint density at radius 1 is 0.519 bits per heavy atom. The summed E-state index contributed by atoms with van der Waals surface area (Å²) in [7, 11) is 0. The third kappa shape index (κ3) is 2.80. The van der Waals surface area contributed by atoms with E-state index in [0.29, 0.717) is 10.0 Å². The van der Waals surface area contributed by atoms with Gasteiger partial charge >= 0.3 is 0 Å². The first-order valence-electron chi connectivity index (χ1n) is 8.76. The first-order valence-corrected chi connectivity index (χ1v) is 9.51. The van der Waals surface area contributed by atoms with E-state index in [0.717, 1.165) is 16.8 Å². The molecule has 0 unspecified atom stereocenters. The van der Waals surface area contributed by atoms with Crippen LogP contribution in [0.4, 0.5) is 0 Å². The molecule has 1 heterocycles. The van der Waals surface area contributed by atoms with Gasteiger partial charge in [0.15, 0.2) is 0 Å². The van der Waals surface area contributed by atoms with E-state index in [2.05, 4.69) is 77.4 Å². The summed E-state index contributed by atoms with van der Waals surface area (Å²) in [5.41, 5.74) is 5.59. The summed E-state index contributed by atoms with van der Waals surface area (Å²) < 4.78 is 2.31. The molecule has 0 spiro atoms. The van der Waals surface area contributed by atoms with Crippen LogP contribution in [0.15, 0.2) is 91.0 Å². The predicted octanol–water partition coefficient (Wildman–Crippen LogP) is 7.76. The summed E-state index contributed by atoms with van der Waals surface area (Å²) >= 11 is 12.4. The second-order valence-electron chi connectivity index (χ2n) is 6.58. The Balaban J connectivity index is 1.78. The van der Waals surface area contributed by atoms with Crippen molar-refractivity contribution in [3.63, 3.8) is 0 Å². The van der Waals surface area contributed by atoms with Crippen LogP contribution < -0.4 is 0 Å². The van der Waals surface area contributed by atoms with Gasteiger partial charge in [-0.15, -0.1) is 0 Å². The number of hydrogen-bond donors (Lipinski definition) is 0. The Kier molecular flexibility index (Phi) is 3.93. The molecule has 27 heavy (non-hydrogen) atoms. The van der Waals surface area contributed by atoms with Crippen molar-refractivity contribution in [2.45, 2.75) is 0 Å². The summed E-state index contributed by atoms with van der Waals surface area (Å²) in [6.45, 7) is 0. The zero-order valence-corrected chi connectivity index (χ0v) is 15.9. The Hall–Kier alpha value is -2.74. The van der Waals surface area contributed by atoms with Gasteiger partial charge < -0.3 is 4.57 Å². The molecule has 5 rings (SSSR count). The number of fused-ring (bicyclic) bond motifs is 3. The topological polar surface area (TPSA) is 4.93 Å². The van der Waals surface area contributed by atoms with Gasteiger partial charge in [0, 0.05) is 26.5 Å². The lowest BCUT2D eigenvalue weighted by Gasteiger charge is -2.11. The van der Waals surface area contributed by atoms with Crippen LogP contribution in [0.1, 0.15) is 0 Å². The Morgan fingerprint density at radius 3 is 1.74 bits per heavy atom. The zero-order chi connectivity index (χ0) is 18.4. The van der Waals surface area contributed by atoms with Crippen LogP contribution in [-0.2, 0) is 0 Å². The number of nitrogens with zero attached hydrogens (tertiary/aromatic N) is 1. The van der Waals surface area contributed by atoms with Gasteiger partial charge in [-0.2, -0.15) is 0 Å². The summed E-state index contributed by atoms with van der Waals surface area (Å²) in [4.78, 5) is 0. The highest BCUT2D eigenvalue weighted by molar-refractivity contribution is 6.35. The molecule has 0 aliphatic heterocycles. The summed E-state index contributed by atoms with van der Waals surface area (Å²) in [6, 6.07) is 31.1. The monoisotopic (exact) mass is 387 g/mol. The van der Waals surface area contributed by atoms with Crippen LogP contribution in [-0.4, -0.2) is 4.57 Å².